The van der Waals surface area contributed by atoms with Gasteiger partial charge in [0.05, 0.1) is 5.92 Å². The summed E-state index contributed by atoms with van der Waals surface area (Å²) >= 11 is 0. The molecule has 6 atom stereocenters. The highest BCUT2D eigenvalue weighted by Gasteiger charge is 2.48. The van der Waals surface area contributed by atoms with E-state index in [2.05, 4.69) is 0 Å². The molecule has 0 spiro atoms. The Labute approximate surface area is 128 Å². The molecular formula is C14H24O8. The summed E-state index contributed by atoms with van der Waals surface area (Å²) < 4.78 is 9.95. The van der Waals surface area contributed by atoms with E-state index in [1.54, 1.807) is 0 Å². The predicted octanol–water partition coefficient (Wildman–Crippen LogP) is -0.506. The molecule has 0 amide bonds. The molecule has 0 radical (unpaired) electrons. The molecule has 0 bridgehead atoms. The van der Waals surface area contributed by atoms with Gasteiger partial charge < -0.3 is 29.9 Å². The van der Waals surface area contributed by atoms with Gasteiger partial charge in [-0.05, 0) is 12.3 Å². The molecule has 22 heavy (non-hydrogen) atoms. The summed E-state index contributed by atoms with van der Waals surface area (Å²) in [6.07, 6.45) is -7.39. The third kappa shape index (κ3) is 4.16. The molecular weight excluding hydrogens is 296 g/mol. The standard InChI is InChI=1S/C14H24O8/c1-4-5-7(6(2)3)13(20)22-14-10(17)8(15)9(16)11(21-14)12(18)19/h6-11,14-17H,4-5H2,1-3H3,(H,18,19). The quantitative estimate of drug-likeness (QED) is 0.481. The van der Waals surface area contributed by atoms with Crippen LogP contribution >= 0.6 is 0 Å². The van der Waals surface area contributed by atoms with Crippen LogP contribution in [0, 0.1) is 11.8 Å². The zero-order chi connectivity index (χ0) is 17.0. The fourth-order valence-electron chi connectivity index (χ4n) is 2.39. The van der Waals surface area contributed by atoms with Gasteiger partial charge in [0.25, 0.3) is 0 Å². The summed E-state index contributed by atoms with van der Waals surface area (Å²) in [5.74, 6) is -2.57. The molecule has 0 aromatic carbocycles. The lowest BCUT2D eigenvalue weighted by Crippen LogP contribution is -2.60. The summed E-state index contributed by atoms with van der Waals surface area (Å²) in [4.78, 5) is 23.1. The van der Waals surface area contributed by atoms with Gasteiger partial charge in [0.15, 0.2) is 6.10 Å². The topological polar surface area (TPSA) is 134 Å². The predicted molar refractivity (Wildman–Crippen MR) is 73.6 cm³/mol. The zero-order valence-electron chi connectivity index (χ0n) is 12.9. The molecule has 0 saturated carbocycles. The van der Waals surface area contributed by atoms with E-state index in [4.69, 9.17) is 14.6 Å². The number of rotatable bonds is 6. The van der Waals surface area contributed by atoms with Crippen LogP contribution in [0.25, 0.3) is 0 Å². The zero-order valence-corrected chi connectivity index (χ0v) is 12.9. The van der Waals surface area contributed by atoms with Gasteiger partial charge in [-0.15, -0.1) is 0 Å². The average molecular weight is 320 g/mol. The molecule has 1 aliphatic heterocycles. The minimum Gasteiger partial charge on any atom is -0.479 e. The molecule has 0 aromatic rings. The minimum atomic E-state index is -1.81. The van der Waals surface area contributed by atoms with E-state index >= 15 is 0 Å². The molecule has 1 heterocycles. The summed E-state index contributed by atoms with van der Waals surface area (Å²) in [6.45, 7) is 5.60. The first-order valence-corrected chi connectivity index (χ1v) is 7.33. The molecule has 8 nitrogen and oxygen atoms in total. The van der Waals surface area contributed by atoms with E-state index in [1.165, 1.54) is 0 Å². The first-order chi connectivity index (χ1) is 10.2. The number of carboxylic acids is 1. The molecule has 1 fully saturated rings. The van der Waals surface area contributed by atoms with Gasteiger partial charge in [0.2, 0.25) is 6.29 Å². The highest BCUT2D eigenvalue weighted by molar-refractivity contribution is 5.74. The number of aliphatic carboxylic acids is 1. The van der Waals surface area contributed by atoms with Crippen molar-refractivity contribution < 1.29 is 39.5 Å². The SMILES string of the molecule is CCCC(C(=O)OC1OC(C(=O)O)C(O)C(O)C1O)C(C)C. The minimum absolute atomic E-state index is 0.000956. The van der Waals surface area contributed by atoms with Crippen molar-refractivity contribution in [3.05, 3.63) is 0 Å². The Hall–Kier alpha value is -1.22. The average Bonchev–Trinajstić information content (AvgIpc) is 2.44. The summed E-state index contributed by atoms with van der Waals surface area (Å²) in [7, 11) is 0. The van der Waals surface area contributed by atoms with Crippen molar-refractivity contribution in [1.82, 2.24) is 0 Å². The lowest BCUT2D eigenvalue weighted by Gasteiger charge is -2.38. The van der Waals surface area contributed by atoms with Crippen molar-refractivity contribution in [2.24, 2.45) is 11.8 Å². The Kier molecular flexibility index (Phi) is 6.73. The van der Waals surface area contributed by atoms with E-state index in [0.29, 0.717) is 6.42 Å². The van der Waals surface area contributed by atoms with Crippen LogP contribution in [-0.4, -0.2) is 63.1 Å². The van der Waals surface area contributed by atoms with Gasteiger partial charge in [-0.3, -0.25) is 4.79 Å². The van der Waals surface area contributed by atoms with E-state index in [1.807, 2.05) is 20.8 Å². The number of esters is 1. The van der Waals surface area contributed by atoms with Gasteiger partial charge in [0, 0.05) is 0 Å². The number of carbonyl (C=O) groups excluding carboxylic acids is 1. The van der Waals surface area contributed by atoms with Crippen LogP contribution in [0.4, 0.5) is 0 Å². The summed E-state index contributed by atoms with van der Waals surface area (Å²) in [5, 5.41) is 38.0. The van der Waals surface area contributed by atoms with E-state index in [9.17, 15) is 24.9 Å². The lowest BCUT2D eigenvalue weighted by atomic mass is 9.91. The van der Waals surface area contributed by atoms with Crippen LogP contribution in [0.5, 0.6) is 0 Å². The van der Waals surface area contributed by atoms with Crippen molar-refractivity contribution in [2.75, 3.05) is 0 Å². The van der Waals surface area contributed by atoms with Gasteiger partial charge in [0.1, 0.15) is 18.3 Å². The number of hydrogen-bond donors (Lipinski definition) is 4. The first-order valence-electron chi connectivity index (χ1n) is 7.33. The summed E-state index contributed by atoms with van der Waals surface area (Å²) in [6, 6.07) is 0. The van der Waals surface area contributed by atoms with Crippen LogP contribution in [0.15, 0.2) is 0 Å². The molecule has 0 aliphatic carbocycles. The molecule has 1 aliphatic rings. The number of aliphatic hydroxyl groups excluding tert-OH is 3. The van der Waals surface area contributed by atoms with Gasteiger partial charge in [-0.2, -0.15) is 0 Å². The highest BCUT2D eigenvalue weighted by atomic mass is 16.7. The molecule has 4 N–H and O–H groups in total. The second-order valence-electron chi connectivity index (χ2n) is 5.81. The smallest absolute Gasteiger partial charge is 0.335 e. The van der Waals surface area contributed by atoms with Crippen molar-refractivity contribution in [3.63, 3.8) is 0 Å². The number of carbonyl (C=O) groups is 2. The largest absolute Gasteiger partial charge is 0.479 e. The Bertz CT molecular complexity index is 396. The Morgan fingerprint density at radius 2 is 1.73 bits per heavy atom. The van der Waals surface area contributed by atoms with Crippen molar-refractivity contribution in [3.8, 4) is 0 Å². The molecule has 0 aromatic heterocycles. The monoisotopic (exact) mass is 320 g/mol. The number of ether oxygens (including phenoxy) is 2. The highest BCUT2D eigenvalue weighted by Crippen LogP contribution is 2.25. The maximum atomic E-state index is 12.1. The third-order valence-electron chi connectivity index (χ3n) is 3.75. The lowest BCUT2D eigenvalue weighted by molar-refractivity contribution is -0.287. The third-order valence-corrected chi connectivity index (χ3v) is 3.75. The fourth-order valence-corrected chi connectivity index (χ4v) is 2.39. The van der Waals surface area contributed by atoms with E-state index in [-0.39, 0.29) is 5.92 Å². The van der Waals surface area contributed by atoms with Crippen LogP contribution in [0.2, 0.25) is 0 Å². The number of hydrogen-bond acceptors (Lipinski definition) is 7. The molecule has 1 saturated heterocycles. The Balaban J connectivity index is 2.81. The van der Waals surface area contributed by atoms with Gasteiger partial charge in [-0.25, -0.2) is 4.79 Å². The van der Waals surface area contributed by atoms with E-state index < -0.39 is 48.6 Å². The Morgan fingerprint density at radius 3 is 2.18 bits per heavy atom. The number of carboxylic acid groups (broad SMARTS) is 1. The second kappa shape index (κ2) is 7.87. The van der Waals surface area contributed by atoms with Crippen molar-refractivity contribution in [2.45, 2.75) is 64.3 Å². The summed E-state index contributed by atoms with van der Waals surface area (Å²) in [5.41, 5.74) is 0. The van der Waals surface area contributed by atoms with Crippen molar-refractivity contribution in [1.29, 1.82) is 0 Å². The molecule has 6 unspecified atom stereocenters. The van der Waals surface area contributed by atoms with E-state index in [0.717, 1.165) is 6.42 Å². The molecule has 8 heteroatoms. The second-order valence-corrected chi connectivity index (χ2v) is 5.81. The van der Waals surface area contributed by atoms with Crippen LogP contribution in [0.1, 0.15) is 33.6 Å². The maximum Gasteiger partial charge on any atom is 0.335 e. The Morgan fingerprint density at radius 1 is 1.14 bits per heavy atom. The molecule has 1 rings (SSSR count). The van der Waals surface area contributed by atoms with Crippen LogP contribution < -0.4 is 0 Å². The normalized spacial score (nSPS) is 33.5. The maximum absolute atomic E-state index is 12.1. The fraction of sp³-hybridized carbons (Fsp3) is 0.857. The van der Waals surface area contributed by atoms with Gasteiger partial charge >= 0.3 is 11.9 Å². The van der Waals surface area contributed by atoms with Crippen molar-refractivity contribution >= 4 is 11.9 Å². The van der Waals surface area contributed by atoms with Crippen LogP contribution in [-0.2, 0) is 19.1 Å². The van der Waals surface area contributed by atoms with Crippen LogP contribution in [0.3, 0.4) is 0 Å². The van der Waals surface area contributed by atoms with Gasteiger partial charge in [-0.1, -0.05) is 27.2 Å². The molecule has 128 valence electrons. The number of aliphatic hydroxyl groups is 3. The first kappa shape index (κ1) is 18.8.